The number of halogens is 3. The van der Waals surface area contributed by atoms with E-state index in [2.05, 4.69) is 15.5 Å². The first-order chi connectivity index (χ1) is 9.06. The number of benzene rings is 1. The Labute approximate surface area is 126 Å². The van der Waals surface area contributed by atoms with Crippen molar-refractivity contribution in [2.75, 3.05) is 5.43 Å². The molecule has 0 bridgehead atoms. The quantitative estimate of drug-likeness (QED) is 0.498. The Balaban J connectivity index is 2.19. The fraction of sp³-hybridized carbons (Fsp3) is 0.0769. The minimum atomic E-state index is 0.405. The van der Waals surface area contributed by atoms with Gasteiger partial charge in [-0.1, -0.05) is 46.9 Å². The van der Waals surface area contributed by atoms with E-state index < -0.39 is 0 Å². The van der Waals surface area contributed by atoms with Gasteiger partial charge in [-0.05, 0) is 31.2 Å². The average molecular weight is 315 g/mol. The topological polar surface area (TPSA) is 37.3 Å². The zero-order valence-corrected chi connectivity index (χ0v) is 12.3. The molecule has 0 aliphatic rings. The van der Waals surface area contributed by atoms with Crippen molar-refractivity contribution in [1.29, 1.82) is 0 Å². The van der Waals surface area contributed by atoms with Crippen LogP contribution < -0.4 is 5.43 Å². The Kier molecular flexibility index (Phi) is 4.64. The third kappa shape index (κ3) is 3.83. The number of nitrogens with one attached hydrogen (secondary N) is 1. The first-order valence-electron chi connectivity index (χ1n) is 5.44. The van der Waals surface area contributed by atoms with Crippen LogP contribution in [0.5, 0.6) is 0 Å². The van der Waals surface area contributed by atoms with Crippen molar-refractivity contribution in [3.05, 3.63) is 57.2 Å². The van der Waals surface area contributed by atoms with E-state index in [1.165, 1.54) is 0 Å². The monoisotopic (exact) mass is 313 g/mol. The van der Waals surface area contributed by atoms with Gasteiger partial charge in [0.1, 0.15) is 11.0 Å². The molecule has 2 rings (SSSR count). The van der Waals surface area contributed by atoms with E-state index >= 15 is 0 Å². The summed E-state index contributed by atoms with van der Waals surface area (Å²) >= 11 is 17.7. The molecule has 0 radical (unpaired) electrons. The highest BCUT2D eigenvalue weighted by Crippen LogP contribution is 2.21. The highest BCUT2D eigenvalue weighted by Gasteiger charge is 2.04. The lowest BCUT2D eigenvalue weighted by Gasteiger charge is -2.05. The summed E-state index contributed by atoms with van der Waals surface area (Å²) in [7, 11) is 0. The molecule has 0 unspecified atom stereocenters. The molecule has 0 aliphatic heterocycles. The van der Waals surface area contributed by atoms with Gasteiger partial charge >= 0.3 is 0 Å². The summed E-state index contributed by atoms with van der Waals surface area (Å²) < 4.78 is 0. The Bertz CT molecular complexity index is 626. The number of hydrogen-bond acceptors (Lipinski definition) is 3. The van der Waals surface area contributed by atoms with Gasteiger partial charge in [0.05, 0.1) is 10.7 Å². The Morgan fingerprint density at radius 2 is 1.95 bits per heavy atom. The maximum atomic E-state index is 6.10. The molecule has 1 aromatic carbocycles. The molecule has 0 amide bonds. The van der Waals surface area contributed by atoms with Crippen LogP contribution in [0.15, 0.2) is 41.5 Å². The summed E-state index contributed by atoms with van der Waals surface area (Å²) in [4.78, 5) is 4.07. The first-order valence-corrected chi connectivity index (χ1v) is 6.58. The van der Waals surface area contributed by atoms with Crippen LogP contribution in [-0.4, -0.2) is 10.7 Å². The number of aromatic nitrogens is 1. The number of hydrogen-bond donors (Lipinski definition) is 1. The highest BCUT2D eigenvalue weighted by molar-refractivity contribution is 6.37. The molecule has 0 fully saturated rings. The van der Waals surface area contributed by atoms with E-state index in [9.17, 15) is 0 Å². The second kappa shape index (κ2) is 6.24. The van der Waals surface area contributed by atoms with E-state index in [0.717, 1.165) is 11.3 Å². The van der Waals surface area contributed by atoms with Crippen molar-refractivity contribution >= 4 is 46.3 Å². The standard InChI is InChI=1S/C13H10Cl3N3/c1-8(10-6-5-9(14)7-11(10)15)18-19-13-4-2-3-12(16)17-13/h2-7H,1H3,(H,17,19)/b18-8+. The molecule has 98 valence electrons. The molecular weight excluding hydrogens is 305 g/mol. The molecular formula is C13H10Cl3N3. The van der Waals surface area contributed by atoms with Crippen molar-refractivity contribution < 1.29 is 0 Å². The molecule has 6 heteroatoms. The molecule has 1 heterocycles. The number of anilines is 1. The maximum Gasteiger partial charge on any atom is 0.147 e. The summed E-state index contributed by atoms with van der Waals surface area (Å²) in [6, 6.07) is 10.5. The zero-order chi connectivity index (χ0) is 13.8. The van der Waals surface area contributed by atoms with Crippen molar-refractivity contribution in [3.8, 4) is 0 Å². The lowest BCUT2D eigenvalue weighted by molar-refractivity contribution is 1.22. The number of hydrazone groups is 1. The van der Waals surface area contributed by atoms with Crippen LogP contribution in [0.25, 0.3) is 0 Å². The van der Waals surface area contributed by atoms with Crippen LogP contribution >= 0.6 is 34.8 Å². The van der Waals surface area contributed by atoms with Crippen molar-refractivity contribution in [2.24, 2.45) is 5.10 Å². The van der Waals surface area contributed by atoms with Gasteiger partial charge < -0.3 is 0 Å². The van der Waals surface area contributed by atoms with Crippen molar-refractivity contribution in [3.63, 3.8) is 0 Å². The zero-order valence-electron chi connectivity index (χ0n) is 9.99. The molecule has 0 aliphatic carbocycles. The van der Waals surface area contributed by atoms with Gasteiger partial charge in [0.2, 0.25) is 0 Å². The Morgan fingerprint density at radius 1 is 1.16 bits per heavy atom. The largest absolute Gasteiger partial charge is 0.261 e. The Hall–Kier alpha value is -1.29. The van der Waals surface area contributed by atoms with Gasteiger partial charge in [-0.25, -0.2) is 4.98 Å². The van der Waals surface area contributed by atoms with Crippen molar-refractivity contribution in [1.82, 2.24) is 4.98 Å². The molecule has 0 saturated carbocycles. The normalized spacial score (nSPS) is 11.5. The maximum absolute atomic E-state index is 6.10. The van der Waals surface area contributed by atoms with Crippen LogP contribution in [0.1, 0.15) is 12.5 Å². The summed E-state index contributed by atoms with van der Waals surface area (Å²) in [5, 5.41) is 5.76. The minimum Gasteiger partial charge on any atom is -0.261 e. The van der Waals surface area contributed by atoms with Crippen LogP contribution in [0.4, 0.5) is 5.82 Å². The number of pyridine rings is 1. The Morgan fingerprint density at radius 3 is 2.63 bits per heavy atom. The SMILES string of the molecule is C/C(=N\Nc1cccc(Cl)n1)c1ccc(Cl)cc1Cl. The van der Waals surface area contributed by atoms with Crippen LogP contribution in [-0.2, 0) is 0 Å². The van der Waals surface area contributed by atoms with E-state index in [-0.39, 0.29) is 0 Å². The smallest absolute Gasteiger partial charge is 0.147 e. The van der Waals surface area contributed by atoms with Crippen LogP contribution in [0.2, 0.25) is 15.2 Å². The first kappa shape index (κ1) is 14.1. The second-order valence-electron chi connectivity index (χ2n) is 3.78. The summed E-state index contributed by atoms with van der Waals surface area (Å²) in [6.07, 6.45) is 0. The van der Waals surface area contributed by atoms with Gasteiger partial charge in [-0.3, -0.25) is 5.43 Å². The van der Waals surface area contributed by atoms with Gasteiger partial charge in [-0.15, -0.1) is 0 Å². The van der Waals surface area contributed by atoms with E-state index in [4.69, 9.17) is 34.8 Å². The fourth-order valence-corrected chi connectivity index (χ4v) is 2.16. The molecule has 0 saturated heterocycles. The van der Waals surface area contributed by atoms with E-state index in [1.54, 1.807) is 30.3 Å². The fourth-order valence-electron chi connectivity index (χ4n) is 1.45. The van der Waals surface area contributed by atoms with Gasteiger partial charge in [0, 0.05) is 10.6 Å². The van der Waals surface area contributed by atoms with Gasteiger partial charge in [-0.2, -0.15) is 5.10 Å². The van der Waals surface area contributed by atoms with E-state index in [0.29, 0.717) is 21.0 Å². The molecule has 0 atom stereocenters. The lowest BCUT2D eigenvalue weighted by atomic mass is 10.1. The molecule has 1 aromatic heterocycles. The van der Waals surface area contributed by atoms with E-state index in [1.807, 2.05) is 13.0 Å². The lowest BCUT2D eigenvalue weighted by Crippen LogP contribution is -2.01. The van der Waals surface area contributed by atoms with Gasteiger partial charge in [0.25, 0.3) is 0 Å². The van der Waals surface area contributed by atoms with Crippen LogP contribution in [0.3, 0.4) is 0 Å². The highest BCUT2D eigenvalue weighted by atomic mass is 35.5. The molecule has 3 nitrogen and oxygen atoms in total. The number of rotatable bonds is 3. The van der Waals surface area contributed by atoms with Crippen LogP contribution in [0, 0.1) is 0 Å². The average Bonchev–Trinajstić information content (AvgIpc) is 2.36. The predicted octanol–water partition coefficient (Wildman–Crippen LogP) is 4.88. The third-order valence-corrected chi connectivity index (χ3v) is 3.13. The van der Waals surface area contributed by atoms with Gasteiger partial charge in [0.15, 0.2) is 0 Å². The predicted molar refractivity (Wildman–Crippen MR) is 81.5 cm³/mol. The summed E-state index contributed by atoms with van der Waals surface area (Å²) in [5.41, 5.74) is 4.36. The number of nitrogens with zero attached hydrogens (tertiary/aromatic N) is 2. The molecule has 2 aromatic rings. The molecule has 0 spiro atoms. The molecule has 19 heavy (non-hydrogen) atoms. The second-order valence-corrected chi connectivity index (χ2v) is 5.01. The third-order valence-electron chi connectivity index (χ3n) is 2.37. The minimum absolute atomic E-state index is 0.405. The summed E-state index contributed by atoms with van der Waals surface area (Å²) in [5.74, 6) is 0.567. The van der Waals surface area contributed by atoms with Crippen molar-refractivity contribution in [2.45, 2.75) is 6.92 Å². The summed E-state index contributed by atoms with van der Waals surface area (Å²) in [6.45, 7) is 1.84. The molecule has 1 N–H and O–H groups in total.